The zero-order valence-electron chi connectivity index (χ0n) is 16.7. The largest absolute Gasteiger partial charge is 0.476 e. The summed E-state index contributed by atoms with van der Waals surface area (Å²) in [7, 11) is 0. The van der Waals surface area contributed by atoms with Gasteiger partial charge in [-0.2, -0.15) is 0 Å². The molecule has 0 spiro atoms. The van der Waals surface area contributed by atoms with Crippen molar-refractivity contribution >= 4 is 40.2 Å². The van der Waals surface area contributed by atoms with E-state index in [0.717, 1.165) is 18.4 Å². The number of anilines is 2. The zero-order valence-corrected chi connectivity index (χ0v) is 16.7. The topological polar surface area (TPSA) is 109 Å². The second-order valence-electron chi connectivity index (χ2n) is 7.26. The molecule has 0 bridgehead atoms. The van der Waals surface area contributed by atoms with E-state index in [4.69, 9.17) is 4.74 Å². The molecule has 1 saturated heterocycles. The van der Waals surface area contributed by atoms with Gasteiger partial charge in [0.25, 0.3) is 0 Å². The molecule has 8 heteroatoms. The molecule has 0 radical (unpaired) electrons. The lowest BCUT2D eigenvalue weighted by molar-refractivity contribution is -0.119. The molecule has 2 aromatic carbocycles. The number of carbonyl (C=O) groups excluding carboxylic acids is 2. The lowest BCUT2D eigenvalue weighted by atomic mass is 10.1. The van der Waals surface area contributed by atoms with Crippen LogP contribution in [0.5, 0.6) is 0 Å². The number of fused-ring (bicyclic) bond motifs is 1. The number of carbonyl (C=O) groups is 3. The van der Waals surface area contributed by atoms with Gasteiger partial charge in [0.15, 0.2) is 5.69 Å². The number of nitrogens with zero attached hydrogens (tertiary/aromatic N) is 2. The van der Waals surface area contributed by atoms with E-state index in [2.05, 4.69) is 10.3 Å². The van der Waals surface area contributed by atoms with Gasteiger partial charge in [0, 0.05) is 24.0 Å². The number of hydrogen-bond acceptors (Lipinski definition) is 5. The Bertz CT molecular complexity index is 1150. The summed E-state index contributed by atoms with van der Waals surface area (Å²) in [6, 6.07) is 15.9. The van der Waals surface area contributed by atoms with E-state index in [9.17, 15) is 19.5 Å². The lowest BCUT2D eigenvalue weighted by Gasteiger charge is -2.27. The fraction of sp³-hybridized carbons (Fsp3) is 0.217. The highest BCUT2D eigenvalue weighted by Crippen LogP contribution is 2.27. The van der Waals surface area contributed by atoms with Crippen LogP contribution in [0.1, 0.15) is 35.3 Å². The summed E-state index contributed by atoms with van der Waals surface area (Å²) in [5.74, 6) is -1.23. The number of rotatable bonds is 5. The van der Waals surface area contributed by atoms with Crippen LogP contribution in [-0.2, 0) is 16.1 Å². The molecule has 1 aromatic heterocycles. The van der Waals surface area contributed by atoms with E-state index in [0.29, 0.717) is 29.6 Å². The number of nitrogens with one attached hydrogen (secondary N) is 1. The van der Waals surface area contributed by atoms with Gasteiger partial charge < -0.3 is 14.7 Å². The summed E-state index contributed by atoms with van der Waals surface area (Å²) >= 11 is 0. The van der Waals surface area contributed by atoms with Crippen molar-refractivity contribution in [2.45, 2.75) is 25.9 Å². The third kappa shape index (κ3) is 4.63. The number of pyridine rings is 1. The highest BCUT2D eigenvalue weighted by Gasteiger charge is 2.21. The predicted octanol–water partition coefficient (Wildman–Crippen LogP) is 4.20. The van der Waals surface area contributed by atoms with Gasteiger partial charge in [0.2, 0.25) is 5.91 Å². The Morgan fingerprint density at radius 1 is 1.10 bits per heavy atom. The molecule has 8 nitrogen and oxygen atoms in total. The molecule has 31 heavy (non-hydrogen) atoms. The second kappa shape index (κ2) is 8.83. The Morgan fingerprint density at radius 3 is 2.65 bits per heavy atom. The number of aromatic carboxylic acids is 1. The van der Waals surface area contributed by atoms with Crippen molar-refractivity contribution in [1.82, 2.24) is 4.98 Å². The average Bonchev–Trinajstić information content (AvgIpc) is 2.78. The van der Waals surface area contributed by atoms with Crippen molar-refractivity contribution in [3.63, 3.8) is 0 Å². The number of ether oxygens (including phenoxy) is 1. The summed E-state index contributed by atoms with van der Waals surface area (Å²) in [6.45, 7) is 0.687. The number of carboxylic acids is 1. The van der Waals surface area contributed by atoms with Gasteiger partial charge >= 0.3 is 12.1 Å². The van der Waals surface area contributed by atoms with Crippen LogP contribution < -0.4 is 10.2 Å². The molecule has 2 amide bonds. The number of hydrogen-bond donors (Lipinski definition) is 2. The van der Waals surface area contributed by atoms with E-state index in [-0.39, 0.29) is 23.9 Å². The van der Waals surface area contributed by atoms with Gasteiger partial charge in [0.05, 0.1) is 11.2 Å². The Labute approximate surface area is 178 Å². The normalized spacial score (nSPS) is 13.8. The Hall–Kier alpha value is -3.94. The number of benzene rings is 2. The van der Waals surface area contributed by atoms with Crippen LogP contribution in [0.25, 0.3) is 10.9 Å². The molecule has 2 heterocycles. The average molecular weight is 419 g/mol. The third-order valence-corrected chi connectivity index (χ3v) is 5.09. The first-order valence-electron chi connectivity index (χ1n) is 9.97. The van der Waals surface area contributed by atoms with E-state index in [1.807, 2.05) is 30.3 Å². The first-order valence-corrected chi connectivity index (χ1v) is 9.97. The van der Waals surface area contributed by atoms with Crippen molar-refractivity contribution in [3.05, 3.63) is 65.9 Å². The standard InChI is InChI=1S/C23H21N3O5/c27-20-8-4-5-11-26(20)17-10-9-16-12-19(21(22(28)29)24-18(16)13-17)25-23(30)31-14-15-6-2-1-3-7-15/h1-3,6-7,9-10,12-13H,4-5,8,11,14H2,(H,25,30)(H,28,29). The van der Waals surface area contributed by atoms with Gasteiger partial charge in [-0.25, -0.2) is 14.6 Å². The van der Waals surface area contributed by atoms with Crippen LogP contribution in [-0.4, -0.2) is 34.6 Å². The van der Waals surface area contributed by atoms with Crippen LogP contribution in [0.4, 0.5) is 16.2 Å². The van der Waals surface area contributed by atoms with Crippen molar-refractivity contribution in [3.8, 4) is 0 Å². The van der Waals surface area contributed by atoms with E-state index in [1.165, 1.54) is 6.07 Å². The van der Waals surface area contributed by atoms with Crippen LogP contribution in [0.3, 0.4) is 0 Å². The molecule has 0 atom stereocenters. The molecule has 1 aliphatic rings. The fourth-order valence-corrected chi connectivity index (χ4v) is 3.53. The van der Waals surface area contributed by atoms with Gasteiger partial charge in [0.1, 0.15) is 6.61 Å². The molecular weight excluding hydrogens is 398 g/mol. The third-order valence-electron chi connectivity index (χ3n) is 5.09. The molecule has 3 aromatic rings. The quantitative estimate of drug-likeness (QED) is 0.642. The first-order chi connectivity index (χ1) is 15.0. The minimum Gasteiger partial charge on any atom is -0.476 e. The molecule has 158 valence electrons. The van der Waals surface area contributed by atoms with Crippen LogP contribution in [0, 0.1) is 0 Å². The molecular formula is C23H21N3O5. The highest BCUT2D eigenvalue weighted by atomic mass is 16.5. The summed E-state index contributed by atoms with van der Waals surface area (Å²) < 4.78 is 5.17. The second-order valence-corrected chi connectivity index (χ2v) is 7.26. The van der Waals surface area contributed by atoms with E-state index >= 15 is 0 Å². The maximum Gasteiger partial charge on any atom is 0.412 e. The molecule has 0 saturated carbocycles. The highest BCUT2D eigenvalue weighted by molar-refractivity contribution is 6.02. The summed E-state index contributed by atoms with van der Waals surface area (Å²) in [5, 5.41) is 12.7. The Kier molecular flexibility index (Phi) is 5.79. The van der Waals surface area contributed by atoms with Crippen molar-refractivity contribution in [2.24, 2.45) is 0 Å². The van der Waals surface area contributed by atoms with Crippen molar-refractivity contribution in [1.29, 1.82) is 0 Å². The van der Waals surface area contributed by atoms with Crippen molar-refractivity contribution < 1.29 is 24.2 Å². The molecule has 2 N–H and O–H groups in total. The fourth-order valence-electron chi connectivity index (χ4n) is 3.53. The summed E-state index contributed by atoms with van der Waals surface area (Å²) in [5.41, 5.74) is 1.67. The van der Waals surface area contributed by atoms with Gasteiger partial charge in [-0.15, -0.1) is 0 Å². The molecule has 4 rings (SSSR count). The maximum absolute atomic E-state index is 12.2. The molecule has 0 unspecified atom stereocenters. The lowest BCUT2D eigenvalue weighted by Crippen LogP contribution is -2.35. The predicted molar refractivity (Wildman–Crippen MR) is 115 cm³/mol. The Balaban J connectivity index is 1.57. The first kappa shape index (κ1) is 20.3. The minimum atomic E-state index is -1.28. The summed E-state index contributed by atoms with van der Waals surface area (Å²) in [6.07, 6.45) is 1.52. The Morgan fingerprint density at radius 2 is 1.90 bits per heavy atom. The van der Waals surface area contributed by atoms with E-state index in [1.54, 1.807) is 23.1 Å². The number of carboxylic acid groups (broad SMARTS) is 1. The van der Waals surface area contributed by atoms with Gasteiger partial charge in [-0.1, -0.05) is 36.4 Å². The number of aromatic nitrogens is 1. The number of piperidine rings is 1. The van der Waals surface area contributed by atoms with Crippen LogP contribution in [0.2, 0.25) is 0 Å². The van der Waals surface area contributed by atoms with Crippen molar-refractivity contribution in [2.75, 3.05) is 16.8 Å². The monoisotopic (exact) mass is 419 g/mol. The zero-order chi connectivity index (χ0) is 21.8. The van der Waals surface area contributed by atoms with E-state index < -0.39 is 12.1 Å². The molecule has 1 aliphatic heterocycles. The number of amides is 2. The smallest absolute Gasteiger partial charge is 0.412 e. The van der Waals surface area contributed by atoms with Gasteiger partial charge in [-0.3, -0.25) is 10.1 Å². The maximum atomic E-state index is 12.2. The summed E-state index contributed by atoms with van der Waals surface area (Å²) in [4.78, 5) is 42.0. The molecule has 1 fully saturated rings. The van der Waals surface area contributed by atoms with Gasteiger partial charge in [-0.05, 0) is 36.6 Å². The van der Waals surface area contributed by atoms with Crippen LogP contribution >= 0.6 is 0 Å². The van der Waals surface area contributed by atoms with Crippen LogP contribution in [0.15, 0.2) is 54.6 Å². The minimum absolute atomic E-state index is 0.0415. The SMILES string of the molecule is O=C(Nc1cc2ccc(N3CCCCC3=O)cc2nc1C(=O)O)OCc1ccccc1. The molecule has 0 aliphatic carbocycles.